The quantitative estimate of drug-likeness (QED) is 0.797. The van der Waals surface area contributed by atoms with E-state index in [1.807, 2.05) is 0 Å². The zero-order valence-electron chi connectivity index (χ0n) is 14.6. The normalized spacial score (nSPS) is 19.9. The zero-order chi connectivity index (χ0) is 16.3. The lowest BCUT2D eigenvalue weighted by Gasteiger charge is -2.32. The van der Waals surface area contributed by atoms with Gasteiger partial charge in [0.05, 0.1) is 11.2 Å². The molecular formula is C17H25BN2O2. The molecule has 0 spiro atoms. The highest BCUT2D eigenvalue weighted by atomic mass is 16.7. The van der Waals surface area contributed by atoms with Gasteiger partial charge in [-0.05, 0) is 45.9 Å². The molecule has 0 unspecified atom stereocenters. The Morgan fingerprint density at radius 1 is 1.05 bits per heavy atom. The molecule has 5 heteroatoms. The van der Waals surface area contributed by atoms with E-state index >= 15 is 0 Å². The van der Waals surface area contributed by atoms with Crippen molar-refractivity contribution in [1.82, 2.24) is 4.57 Å². The van der Waals surface area contributed by atoms with E-state index in [9.17, 15) is 0 Å². The van der Waals surface area contributed by atoms with E-state index in [4.69, 9.17) is 9.31 Å². The second-order valence-electron chi connectivity index (χ2n) is 7.38. The van der Waals surface area contributed by atoms with Crippen LogP contribution < -0.4 is 10.4 Å². The Hall–Kier alpha value is -1.46. The van der Waals surface area contributed by atoms with Crippen LogP contribution in [0.15, 0.2) is 24.4 Å². The molecule has 0 radical (unpaired) electrons. The van der Waals surface area contributed by atoms with E-state index in [2.05, 4.69) is 82.7 Å². The highest BCUT2D eigenvalue weighted by Gasteiger charge is 2.52. The van der Waals surface area contributed by atoms with Gasteiger partial charge in [-0.15, -0.1) is 0 Å². The van der Waals surface area contributed by atoms with Gasteiger partial charge in [-0.1, -0.05) is 0 Å². The van der Waals surface area contributed by atoms with Crippen LogP contribution in [0.2, 0.25) is 0 Å². The van der Waals surface area contributed by atoms with Gasteiger partial charge in [-0.2, -0.15) is 0 Å². The summed E-state index contributed by atoms with van der Waals surface area (Å²) >= 11 is 0. The molecule has 1 aromatic heterocycles. The van der Waals surface area contributed by atoms with E-state index in [1.54, 1.807) is 0 Å². The molecule has 3 rings (SSSR count). The molecule has 2 heterocycles. The van der Waals surface area contributed by atoms with Crippen LogP contribution >= 0.6 is 0 Å². The van der Waals surface area contributed by atoms with Gasteiger partial charge in [0.1, 0.15) is 0 Å². The molecule has 118 valence electrons. The molecule has 0 N–H and O–H groups in total. The Bertz CT molecular complexity index is 703. The first-order chi connectivity index (χ1) is 10.1. The van der Waals surface area contributed by atoms with Gasteiger partial charge in [0.15, 0.2) is 0 Å². The van der Waals surface area contributed by atoms with Gasteiger partial charge in [0.2, 0.25) is 0 Å². The van der Waals surface area contributed by atoms with Gasteiger partial charge < -0.3 is 18.8 Å². The molecule has 1 saturated heterocycles. The maximum Gasteiger partial charge on any atom is 0.497 e. The van der Waals surface area contributed by atoms with E-state index in [1.165, 1.54) is 16.6 Å². The molecule has 0 amide bonds. The summed E-state index contributed by atoms with van der Waals surface area (Å²) in [5, 5.41) is 1.19. The van der Waals surface area contributed by atoms with E-state index in [0.29, 0.717) is 0 Å². The number of aromatic nitrogens is 1. The predicted molar refractivity (Wildman–Crippen MR) is 93.0 cm³/mol. The summed E-state index contributed by atoms with van der Waals surface area (Å²) in [7, 11) is 5.84. The van der Waals surface area contributed by atoms with Crippen LogP contribution in [0.4, 0.5) is 5.69 Å². The van der Waals surface area contributed by atoms with Crippen LogP contribution in [0, 0.1) is 0 Å². The van der Waals surface area contributed by atoms with Crippen LogP contribution in [-0.2, 0) is 16.4 Å². The second kappa shape index (κ2) is 4.77. The number of nitrogens with zero attached hydrogens (tertiary/aromatic N) is 2. The summed E-state index contributed by atoms with van der Waals surface area (Å²) in [5.41, 5.74) is 2.82. The lowest BCUT2D eigenvalue weighted by atomic mass is 9.79. The summed E-state index contributed by atoms with van der Waals surface area (Å²) in [6, 6.07) is 6.49. The molecule has 2 aromatic rings. The standard InChI is InChI=1S/C17H25BN2O2/c1-16(2)17(3,4)22-18(21-16)14-11-20(7)15-9-8-12(19(5)6)10-13(14)15/h8-11H,1-7H3. The molecule has 0 aliphatic carbocycles. The predicted octanol–water partition coefficient (Wildman–Crippen LogP) is 2.54. The van der Waals surface area contributed by atoms with Gasteiger partial charge in [0.25, 0.3) is 0 Å². The Morgan fingerprint density at radius 3 is 2.18 bits per heavy atom. The Morgan fingerprint density at radius 2 is 1.64 bits per heavy atom. The van der Waals surface area contributed by atoms with Crippen molar-refractivity contribution < 1.29 is 9.31 Å². The fraction of sp³-hybridized carbons (Fsp3) is 0.529. The monoisotopic (exact) mass is 300 g/mol. The lowest BCUT2D eigenvalue weighted by molar-refractivity contribution is 0.00578. The first-order valence-electron chi connectivity index (χ1n) is 7.74. The molecule has 1 aromatic carbocycles. The van der Waals surface area contributed by atoms with Crippen molar-refractivity contribution in [3.8, 4) is 0 Å². The van der Waals surface area contributed by atoms with Gasteiger partial charge >= 0.3 is 7.12 Å². The summed E-state index contributed by atoms with van der Waals surface area (Å²) in [6.07, 6.45) is 2.12. The lowest BCUT2D eigenvalue weighted by Crippen LogP contribution is -2.41. The Labute approximate surface area is 133 Å². The molecule has 0 atom stereocenters. The smallest absolute Gasteiger partial charge is 0.399 e. The van der Waals surface area contributed by atoms with Crippen LogP contribution in [0.3, 0.4) is 0 Å². The van der Waals surface area contributed by atoms with Gasteiger partial charge in [-0.3, -0.25) is 0 Å². The average molecular weight is 300 g/mol. The van der Waals surface area contributed by atoms with Crippen LogP contribution in [0.1, 0.15) is 27.7 Å². The van der Waals surface area contributed by atoms with Crippen molar-refractivity contribution in [2.75, 3.05) is 19.0 Å². The van der Waals surface area contributed by atoms with E-state index in [-0.39, 0.29) is 18.3 Å². The summed E-state index contributed by atoms with van der Waals surface area (Å²) < 4.78 is 14.6. The minimum Gasteiger partial charge on any atom is -0.399 e. The van der Waals surface area contributed by atoms with Crippen molar-refractivity contribution in [3.63, 3.8) is 0 Å². The third kappa shape index (κ3) is 2.23. The Kier molecular flexibility index (Phi) is 3.35. The van der Waals surface area contributed by atoms with Crippen molar-refractivity contribution in [1.29, 1.82) is 0 Å². The first kappa shape index (κ1) is 15.4. The average Bonchev–Trinajstić information content (AvgIpc) is 2.84. The van der Waals surface area contributed by atoms with Crippen molar-refractivity contribution in [2.45, 2.75) is 38.9 Å². The summed E-state index contributed by atoms with van der Waals surface area (Å²) in [5.74, 6) is 0. The molecule has 1 aliphatic rings. The number of anilines is 1. The maximum atomic E-state index is 6.22. The van der Waals surface area contributed by atoms with Crippen LogP contribution in [-0.4, -0.2) is 37.0 Å². The number of aryl methyl sites for hydroxylation is 1. The van der Waals surface area contributed by atoms with Crippen molar-refractivity contribution in [2.24, 2.45) is 7.05 Å². The number of fused-ring (bicyclic) bond motifs is 1. The third-order valence-corrected chi connectivity index (χ3v) is 5.03. The molecule has 0 bridgehead atoms. The fourth-order valence-electron chi connectivity index (χ4n) is 2.85. The maximum absolute atomic E-state index is 6.22. The Balaban J connectivity index is 2.10. The zero-order valence-corrected chi connectivity index (χ0v) is 14.6. The SMILES string of the molecule is CN(C)c1ccc2c(c1)c(B1OC(C)(C)C(C)(C)O1)cn2C. The van der Waals surface area contributed by atoms with E-state index in [0.717, 1.165) is 5.46 Å². The number of rotatable bonds is 2. The minimum atomic E-state index is -0.328. The summed E-state index contributed by atoms with van der Waals surface area (Å²) in [4.78, 5) is 2.11. The largest absolute Gasteiger partial charge is 0.497 e. The van der Waals surface area contributed by atoms with Crippen molar-refractivity contribution in [3.05, 3.63) is 24.4 Å². The van der Waals surface area contributed by atoms with Crippen molar-refractivity contribution >= 4 is 29.2 Å². The molecule has 1 aliphatic heterocycles. The number of hydrogen-bond acceptors (Lipinski definition) is 3. The fourth-order valence-corrected chi connectivity index (χ4v) is 2.85. The van der Waals surface area contributed by atoms with E-state index < -0.39 is 0 Å². The highest BCUT2D eigenvalue weighted by molar-refractivity contribution is 6.65. The molecule has 4 nitrogen and oxygen atoms in total. The van der Waals surface area contributed by atoms with Crippen LogP contribution in [0.25, 0.3) is 10.9 Å². The highest BCUT2D eigenvalue weighted by Crippen LogP contribution is 2.37. The van der Waals surface area contributed by atoms with Gasteiger partial charge in [0, 0.05) is 49.4 Å². The molecule has 1 fully saturated rings. The molecular weight excluding hydrogens is 275 g/mol. The minimum absolute atomic E-state index is 0.320. The third-order valence-electron chi connectivity index (χ3n) is 5.03. The van der Waals surface area contributed by atoms with Gasteiger partial charge in [-0.25, -0.2) is 0 Å². The topological polar surface area (TPSA) is 26.6 Å². The second-order valence-corrected chi connectivity index (χ2v) is 7.38. The molecule has 22 heavy (non-hydrogen) atoms. The summed E-state index contributed by atoms with van der Waals surface area (Å²) in [6.45, 7) is 8.35. The molecule has 0 saturated carbocycles. The number of benzene rings is 1. The van der Waals surface area contributed by atoms with Crippen LogP contribution in [0.5, 0.6) is 0 Å². The number of hydrogen-bond donors (Lipinski definition) is 0. The first-order valence-corrected chi connectivity index (χ1v) is 7.74.